The van der Waals surface area contributed by atoms with Gasteiger partial charge < -0.3 is 20.3 Å². The van der Waals surface area contributed by atoms with E-state index in [1.165, 1.54) is 18.2 Å². The fraction of sp³-hybridized carbons (Fsp3) is 0.308. The van der Waals surface area contributed by atoms with E-state index in [-0.39, 0.29) is 18.8 Å². The Morgan fingerprint density at radius 2 is 2.00 bits per heavy atom. The summed E-state index contributed by atoms with van der Waals surface area (Å²) in [5.74, 6) is -3.68. The zero-order valence-electron chi connectivity index (χ0n) is 10.9. The van der Waals surface area contributed by atoms with Gasteiger partial charge in [-0.25, -0.2) is 9.18 Å². The minimum absolute atomic E-state index is 0.0886. The van der Waals surface area contributed by atoms with Crippen molar-refractivity contribution in [3.05, 3.63) is 30.1 Å². The van der Waals surface area contributed by atoms with Gasteiger partial charge >= 0.3 is 11.9 Å². The monoisotopic (exact) mass is 299 g/mol. The largest absolute Gasteiger partial charge is 0.493 e. The molecule has 0 aromatic heterocycles. The van der Waals surface area contributed by atoms with Crippen LogP contribution in [-0.4, -0.2) is 40.7 Å². The molecule has 0 bridgehead atoms. The van der Waals surface area contributed by atoms with E-state index in [4.69, 9.17) is 14.9 Å². The molecule has 1 aromatic rings. The molecule has 7 nitrogen and oxygen atoms in total. The summed E-state index contributed by atoms with van der Waals surface area (Å²) in [5.41, 5.74) is 0. The molecule has 0 aliphatic carbocycles. The third-order valence-corrected chi connectivity index (χ3v) is 2.41. The number of halogens is 1. The fourth-order valence-corrected chi connectivity index (χ4v) is 1.46. The number of amides is 1. The van der Waals surface area contributed by atoms with Crippen LogP contribution in [0.15, 0.2) is 24.3 Å². The van der Waals surface area contributed by atoms with Gasteiger partial charge in [-0.05, 0) is 12.1 Å². The van der Waals surface area contributed by atoms with E-state index >= 15 is 0 Å². The van der Waals surface area contributed by atoms with E-state index in [0.717, 1.165) is 6.07 Å². The molecule has 0 radical (unpaired) electrons. The van der Waals surface area contributed by atoms with E-state index < -0.39 is 36.1 Å². The number of aliphatic carboxylic acids is 2. The van der Waals surface area contributed by atoms with Gasteiger partial charge in [0.1, 0.15) is 17.6 Å². The molecule has 8 heteroatoms. The van der Waals surface area contributed by atoms with Crippen LogP contribution >= 0.6 is 0 Å². The van der Waals surface area contributed by atoms with E-state index in [1.54, 1.807) is 0 Å². The number of nitrogens with one attached hydrogen (secondary N) is 1. The lowest BCUT2D eigenvalue weighted by Gasteiger charge is -2.12. The van der Waals surface area contributed by atoms with Gasteiger partial charge in [0.05, 0.1) is 19.4 Å². The summed E-state index contributed by atoms with van der Waals surface area (Å²) < 4.78 is 18.0. The minimum atomic E-state index is -1.50. The summed E-state index contributed by atoms with van der Waals surface area (Å²) in [6, 6.07) is 3.83. The molecule has 3 N–H and O–H groups in total. The van der Waals surface area contributed by atoms with Crippen LogP contribution in [-0.2, 0) is 14.4 Å². The van der Waals surface area contributed by atoms with Crippen LogP contribution < -0.4 is 10.1 Å². The Morgan fingerprint density at radius 3 is 2.57 bits per heavy atom. The predicted molar refractivity (Wildman–Crippen MR) is 68.3 cm³/mol. The highest BCUT2D eigenvalue weighted by Crippen LogP contribution is 2.11. The van der Waals surface area contributed by atoms with E-state index in [1.807, 2.05) is 0 Å². The Labute approximate surface area is 119 Å². The number of carboxylic acid groups (broad SMARTS) is 2. The second-order valence-electron chi connectivity index (χ2n) is 4.11. The van der Waals surface area contributed by atoms with Crippen molar-refractivity contribution in [1.29, 1.82) is 0 Å². The number of benzene rings is 1. The number of carboxylic acids is 2. The molecule has 0 aliphatic rings. The number of carbonyl (C=O) groups is 3. The van der Waals surface area contributed by atoms with Gasteiger partial charge in [-0.15, -0.1) is 0 Å². The third kappa shape index (κ3) is 6.37. The standard InChI is InChI=1S/C13H14FNO6/c14-8-2-1-3-9(6-8)21-5-4-11(16)15-10(13(19)20)7-12(17)18/h1-3,6,10H,4-5,7H2,(H,15,16)(H,17,18)(H,19,20). The topological polar surface area (TPSA) is 113 Å². The van der Waals surface area contributed by atoms with Crippen molar-refractivity contribution in [3.8, 4) is 5.75 Å². The molecular weight excluding hydrogens is 285 g/mol. The molecular formula is C13H14FNO6. The summed E-state index contributed by atoms with van der Waals surface area (Å²) in [6.45, 7) is -0.0886. The fourth-order valence-electron chi connectivity index (χ4n) is 1.46. The molecule has 1 amide bonds. The Bertz CT molecular complexity index is 533. The minimum Gasteiger partial charge on any atom is -0.493 e. The van der Waals surface area contributed by atoms with Gasteiger partial charge in [-0.2, -0.15) is 0 Å². The summed E-state index contributed by atoms with van der Waals surface area (Å²) in [4.78, 5) is 32.7. The summed E-state index contributed by atoms with van der Waals surface area (Å²) in [6.07, 6.45) is -0.897. The maximum Gasteiger partial charge on any atom is 0.326 e. The van der Waals surface area contributed by atoms with Crippen LogP contribution in [0.4, 0.5) is 4.39 Å². The molecule has 1 atom stereocenters. The Hall–Kier alpha value is -2.64. The van der Waals surface area contributed by atoms with E-state index in [9.17, 15) is 18.8 Å². The summed E-state index contributed by atoms with van der Waals surface area (Å²) in [5, 5.41) is 19.3. The SMILES string of the molecule is O=C(O)CC(NC(=O)CCOc1cccc(F)c1)C(=O)O. The lowest BCUT2D eigenvalue weighted by Crippen LogP contribution is -2.42. The average molecular weight is 299 g/mol. The van der Waals surface area contributed by atoms with Crippen molar-refractivity contribution in [2.75, 3.05) is 6.61 Å². The highest BCUT2D eigenvalue weighted by molar-refractivity contribution is 5.86. The van der Waals surface area contributed by atoms with Crippen LogP contribution in [0.3, 0.4) is 0 Å². The van der Waals surface area contributed by atoms with Crippen molar-refractivity contribution in [3.63, 3.8) is 0 Å². The van der Waals surface area contributed by atoms with Crippen LogP contribution in [0, 0.1) is 5.82 Å². The van der Waals surface area contributed by atoms with Crippen molar-refractivity contribution in [2.24, 2.45) is 0 Å². The van der Waals surface area contributed by atoms with Crippen molar-refractivity contribution in [1.82, 2.24) is 5.32 Å². The molecule has 0 spiro atoms. The smallest absolute Gasteiger partial charge is 0.326 e. The quantitative estimate of drug-likeness (QED) is 0.649. The average Bonchev–Trinajstić information content (AvgIpc) is 2.37. The van der Waals surface area contributed by atoms with E-state index in [2.05, 4.69) is 5.32 Å². The van der Waals surface area contributed by atoms with Gasteiger partial charge in [-0.3, -0.25) is 9.59 Å². The lowest BCUT2D eigenvalue weighted by atomic mass is 10.2. The van der Waals surface area contributed by atoms with Gasteiger partial charge in [0.2, 0.25) is 5.91 Å². The molecule has 0 aliphatic heterocycles. The summed E-state index contributed by atoms with van der Waals surface area (Å²) in [7, 11) is 0. The molecule has 1 unspecified atom stereocenters. The highest BCUT2D eigenvalue weighted by atomic mass is 19.1. The van der Waals surface area contributed by atoms with Crippen molar-refractivity contribution < 1.29 is 33.7 Å². The van der Waals surface area contributed by atoms with Crippen molar-refractivity contribution >= 4 is 17.8 Å². The number of rotatable bonds is 8. The number of hydrogen-bond donors (Lipinski definition) is 3. The molecule has 114 valence electrons. The maximum atomic E-state index is 12.9. The van der Waals surface area contributed by atoms with Crippen LogP contribution in [0.5, 0.6) is 5.75 Å². The lowest BCUT2D eigenvalue weighted by molar-refractivity contribution is -0.147. The zero-order valence-corrected chi connectivity index (χ0v) is 10.9. The maximum absolute atomic E-state index is 12.9. The first-order valence-corrected chi connectivity index (χ1v) is 6.01. The Balaban J connectivity index is 2.39. The molecule has 0 heterocycles. The number of hydrogen-bond acceptors (Lipinski definition) is 4. The molecule has 21 heavy (non-hydrogen) atoms. The second-order valence-corrected chi connectivity index (χ2v) is 4.11. The first-order chi connectivity index (χ1) is 9.88. The highest BCUT2D eigenvalue weighted by Gasteiger charge is 2.22. The first kappa shape index (κ1) is 16.4. The molecule has 0 saturated heterocycles. The normalized spacial score (nSPS) is 11.5. The Morgan fingerprint density at radius 1 is 1.29 bits per heavy atom. The molecule has 0 saturated carbocycles. The third-order valence-electron chi connectivity index (χ3n) is 2.41. The molecule has 1 aromatic carbocycles. The predicted octanol–water partition coefficient (Wildman–Crippen LogP) is 0.639. The molecule has 1 rings (SSSR count). The van der Waals surface area contributed by atoms with Gasteiger partial charge in [0, 0.05) is 6.07 Å². The second kappa shape index (κ2) is 7.83. The number of carbonyl (C=O) groups excluding carboxylic acids is 1. The van der Waals surface area contributed by atoms with Crippen LogP contribution in [0.2, 0.25) is 0 Å². The zero-order chi connectivity index (χ0) is 15.8. The molecule has 0 fully saturated rings. The van der Waals surface area contributed by atoms with Crippen LogP contribution in [0.25, 0.3) is 0 Å². The Kier molecular flexibility index (Phi) is 6.12. The first-order valence-electron chi connectivity index (χ1n) is 6.01. The van der Waals surface area contributed by atoms with Gasteiger partial charge in [0.25, 0.3) is 0 Å². The van der Waals surface area contributed by atoms with Gasteiger partial charge in [-0.1, -0.05) is 6.07 Å². The number of ether oxygens (including phenoxy) is 1. The summed E-state index contributed by atoms with van der Waals surface area (Å²) >= 11 is 0. The van der Waals surface area contributed by atoms with Crippen molar-refractivity contribution in [2.45, 2.75) is 18.9 Å². The van der Waals surface area contributed by atoms with Crippen LogP contribution in [0.1, 0.15) is 12.8 Å². The van der Waals surface area contributed by atoms with E-state index in [0.29, 0.717) is 0 Å². The van der Waals surface area contributed by atoms with Gasteiger partial charge in [0.15, 0.2) is 0 Å².